The van der Waals surface area contributed by atoms with Crippen LogP contribution in [0, 0.1) is 6.92 Å². The van der Waals surface area contributed by atoms with Gasteiger partial charge in [-0.05, 0) is 42.3 Å². The van der Waals surface area contributed by atoms with Crippen LogP contribution in [0.5, 0.6) is 0 Å². The van der Waals surface area contributed by atoms with Gasteiger partial charge in [0.05, 0.1) is 0 Å². The third-order valence-electron chi connectivity index (χ3n) is 2.45. The van der Waals surface area contributed by atoms with Crippen LogP contribution in [-0.2, 0) is 12.0 Å². The molecule has 15 heavy (non-hydrogen) atoms. The van der Waals surface area contributed by atoms with Gasteiger partial charge in [0, 0.05) is 16.2 Å². The second-order valence-electron chi connectivity index (χ2n) is 3.96. The lowest BCUT2D eigenvalue weighted by atomic mass is 9.97. The third kappa shape index (κ3) is 2.30. The molecule has 0 aliphatic rings. The minimum Gasteiger partial charge on any atom is -0.384 e. The molecule has 0 saturated heterocycles. The Morgan fingerprint density at radius 1 is 1.27 bits per heavy atom. The Morgan fingerprint density at radius 3 is 2.60 bits per heavy atom. The molecule has 1 unspecified atom stereocenters. The third-order valence-corrected chi connectivity index (χ3v) is 4.60. The molecule has 2 aromatic rings. The molecule has 80 valence electrons. The summed E-state index contributed by atoms with van der Waals surface area (Å²) < 4.78 is 0. The summed E-state index contributed by atoms with van der Waals surface area (Å²) in [5.74, 6) is 0. The summed E-state index contributed by atoms with van der Waals surface area (Å²) in [6, 6.07) is 6.16. The topological polar surface area (TPSA) is 20.2 Å². The first kappa shape index (κ1) is 10.9. The standard InChI is InChI=1S/C12H14OS2/c1-9-5-7-15-11(9)12(2,13)8-10-4-3-6-14-10/h3-7,13H,8H2,1-2H3. The Labute approximate surface area is 98.0 Å². The summed E-state index contributed by atoms with van der Waals surface area (Å²) >= 11 is 3.33. The Kier molecular flexibility index (Phi) is 2.96. The van der Waals surface area contributed by atoms with Crippen molar-refractivity contribution in [2.24, 2.45) is 0 Å². The summed E-state index contributed by atoms with van der Waals surface area (Å²) in [5, 5.41) is 14.5. The van der Waals surface area contributed by atoms with E-state index in [-0.39, 0.29) is 0 Å². The van der Waals surface area contributed by atoms with Gasteiger partial charge in [0.1, 0.15) is 5.60 Å². The van der Waals surface area contributed by atoms with Gasteiger partial charge in [-0.2, -0.15) is 0 Å². The molecular formula is C12H14OS2. The van der Waals surface area contributed by atoms with E-state index >= 15 is 0 Å². The van der Waals surface area contributed by atoms with Crippen molar-refractivity contribution in [1.82, 2.24) is 0 Å². The maximum absolute atomic E-state index is 10.4. The van der Waals surface area contributed by atoms with E-state index in [2.05, 4.69) is 19.1 Å². The molecule has 0 saturated carbocycles. The fourth-order valence-electron chi connectivity index (χ4n) is 1.76. The lowest BCUT2D eigenvalue weighted by Crippen LogP contribution is -2.23. The Bertz CT molecular complexity index is 426. The first-order valence-electron chi connectivity index (χ1n) is 4.89. The summed E-state index contributed by atoms with van der Waals surface area (Å²) in [4.78, 5) is 2.31. The van der Waals surface area contributed by atoms with Crippen molar-refractivity contribution >= 4 is 22.7 Å². The van der Waals surface area contributed by atoms with Crippen LogP contribution in [0.1, 0.15) is 22.2 Å². The highest BCUT2D eigenvalue weighted by Crippen LogP contribution is 2.32. The van der Waals surface area contributed by atoms with Gasteiger partial charge in [-0.15, -0.1) is 22.7 Å². The lowest BCUT2D eigenvalue weighted by molar-refractivity contribution is 0.0618. The van der Waals surface area contributed by atoms with Crippen LogP contribution in [-0.4, -0.2) is 5.11 Å². The van der Waals surface area contributed by atoms with E-state index in [0.717, 1.165) is 4.88 Å². The van der Waals surface area contributed by atoms with Crippen LogP contribution >= 0.6 is 22.7 Å². The van der Waals surface area contributed by atoms with Gasteiger partial charge in [0.15, 0.2) is 0 Å². The van der Waals surface area contributed by atoms with Crippen molar-refractivity contribution in [2.45, 2.75) is 25.9 Å². The molecule has 0 amide bonds. The van der Waals surface area contributed by atoms with Crippen LogP contribution in [0.15, 0.2) is 29.0 Å². The zero-order valence-electron chi connectivity index (χ0n) is 8.86. The molecule has 0 aliphatic heterocycles. The van der Waals surface area contributed by atoms with E-state index in [0.29, 0.717) is 6.42 Å². The van der Waals surface area contributed by atoms with Crippen molar-refractivity contribution in [1.29, 1.82) is 0 Å². The molecule has 0 bridgehead atoms. The number of rotatable bonds is 3. The quantitative estimate of drug-likeness (QED) is 0.866. The number of hydrogen-bond donors (Lipinski definition) is 1. The largest absolute Gasteiger partial charge is 0.384 e. The van der Waals surface area contributed by atoms with Gasteiger partial charge in [0.2, 0.25) is 0 Å². The number of aryl methyl sites for hydroxylation is 1. The molecule has 1 atom stereocenters. The van der Waals surface area contributed by atoms with Gasteiger partial charge in [-0.25, -0.2) is 0 Å². The highest BCUT2D eigenvalue weighted by molar-refractivity contribution is 7.10. The number of hydrogen-bond acceptors (Lipinski definition) is 3. The van der Waals surface area contributed by atoms with E-state index in [4.69, 9.17) is 0 Å². The molecule has 2 aromatic heterocycles. The second kappa shape index (κ2) is 4.08. The smallest absolute Gasteiger partial charge is 0.101 e. The zero-order valence-corrected chi connectivity index (χ0v) is 10.5. The van der Waals surface area contributed by atoms with Gasteiger partial charge >= 0.3 is 0 Å². The van der Waals surface area contributed by atoms with Crippen LogP contribution in [0.4, 0.5) is 0 Å². The molecule has 1 nitrogen and oxygen atoms in total. The predicted octanol–water partition coefficient (Wildman–Crippen LogP) is 3.57. The van der Waals surface area contributed by atoms with E-state index in [9.17, 15) is 5.11 Å². The Morgan fingerprint density at radius 2 is 2.07 bits per heavy atom. The van der Waals surface area contributed by atoms with Crippen LogP contribution in [0.2, 0.25) is 0 Å². The van der Waals surface area contributed by atoms with Crippen LogP contribution in [0.3, 0.4) is 0 Å². The van der Waals surface area contributed by atoms with Crippen molar-refractivity contribution in [2.75, 3.05) is 0 Å². The van der Waals surface area contributed by atoms with Gasteiger partial charge < -0.3 is 5.11 Å². The maximum atomic E-state index is 10.4. The van der Waals surface area contributed by atoms with Crippen molar-refractivity contribution in [3.63, 3.8) is 0 Å². The highest BCUT2D eigenvalue weighted by Gasteiger charge is 2.26. The molecule has 0 radical (unpaired) electrons. The minimum absolute atomic E-state index is 0.700. The highest BCUT2D eigenvalue weighted by atomic mass is 32.1. The average Bonchev–Trinajstić information content (AvgIpc) is 2.75. The van der Waals surface area contributed by atoms with Crippen LogP contribution in [0.25, 0.3) is 0 Å². The fraction of sp³-hybridized carbons (Fsp3) is 0.333. The van der Waals surface area contributed by atoms with Crippen molar-refractivity contribution < 1.29 is 5.11 Å². The summed E-state index contributed by atoms with van der Waals surface area (Å²) in [7, 11) is 0. The second-order valence-corrected chi connectivity index (χ2v) is 5.91. The molecule has 2 heterocycles. The maximum Gasteiger partial charge on any atom is 0.101 e. The van der Waals surface area contributed by atoms with E-state index < -0.39 is 5.60 Å². The predicted molar refractivity (Wildman–Crippen MR) is 66.6 cm³/mol. The molecule has 0 fully saturated rings. The number of aliphatic hydroxyl groups is 1. The molecule has 1 N–H and O–H groups in total. The van der Waals surface area contributed by atoms with Crippen molar-refractivity contribution in [3.8, 4) is 0 Å². The molecule has 0 spiro atoms. The first-order valence-corrected chi connectivity index (χ1v) is 6.65. The van der Waals surface area contributed by atoms with E-state index in [1.807, 2.05) is 23.8 Å². The Balaban J connectivity index is 2.24. The van der Waals surface area contributed by atoms with Gasteiger partial charge in [0.25, 0.3) is 0 Å². The molecule has 0 aromatic carbocycles. The molecule has 2 rings (SSSR count). The summed E-state index contributed by atoms with van der Waals surface area (Å²) in [5.41, 5.74) is 0.449. The van der Waals surface area contributed by atoms with Crippen molar-refractivity contribution in [3.05, 3.63) is 44.3 Å². The molecular weight excluding hydrogens is 224 g/mol. The average molecular weight is 238 g/mol. The van der Waals surface area contributed by atoms with Gasteiger partial charge in [-0.1, -0.05) is 6.07 Å². The van der Waals surface area contributed by atoms with E-state index in [1.54, 1.807) is 22.7 Å². The zero-order chi connectivity index (χ0) is 10.9. The molecule has 0 aliphatic carbocycles. The van der Waals surface area contributed by atoms with Crippen LogP contribution < -0.4 is 0 Å². The molecule has 3 heteroatoms. The SMILES string of the molecule is Cc1ccsc1C(C)(O)Cc1cccs1. The lowest BCUT2D eigenvalue weighted by Gasteiger charge is -2.22. The normalized spacial score (nSPS) is 15.1. The first-order chi connectivity index (χ1) is 7.09. The Hall–Kier alpha value is -0.640. The minimum atomic E-state index is -0.733. The van der Waals surface area contributed by atoms with E-state index in [1.165, 1.54) is 10.4 Å². The monoisotopic (exact) mass is 238 g/mol. The number of thiophene rings is 2. The summed E-state index contributed by atoms with van der Waals surface area (Å²) in [6.07, 6.45) is 0.700. The fourth-order valence-corrected chi connectivity index (χ4v) is 3.60. The van der Waals surface area contributed by atoms with Gasteiger partial charge in [-0.3, -0.25) is 0 Å². The summed E-state index contributed by atoms with van der Waals surface area (Å²) in [6.45, 7) is 3.94.